The fraction of sp³-hybridized carbons (Fsp3) is 0.118. The summed E-state index contributed by atoms with van der Waals surface area (Å²) in [5.74, 6) is 0.249. The van der Waals surface area contributed by atoms with Crippen molar-refractivity contribution in [3.05, 3.63) is 71.7 Å². The van der Waals surface area contributed by atoms with Crippen LogP contribution in [0.4, 0.5) is 10.1 Å². The van der Waals surface area contributed by atoms with Crippen LogP contribution in [0, 0.1) is 5.82 Å². The molecule has 0 atom stereocenters. The zero-order valence-electron chi connectivity index (χ0n) is 11.9. The van der Waals surface area contributed by atoms with Gasteiger partial charge in [-0.3, -0.25) is 4.79 Å². The van der Waals surface area contributed by atoms with Gasteiger partial charge in [0.05, 0.1) is 7.11 Å². The van der Waals surface area contributed by atoms with Gasteiger partial charge in [-0.1, -0.05) is 6.07 Å². The van der Waals surface area contributed by atoms with Crippen molar-refractivity contribution in [2.24, 2.45) is 0 Å². The lowest BCUT2D eigenvalue weighted by Crippen LogP contribution is -2.01. The zero-order chi connectivity index (χ0) is 15.2. The summed E-state index contributed by atoms with van der Waals surface area (Å²) in [7, 11) is 1.57. The largest absolute Gasteiger partial charge is 0.497 e. The SMILES string of the molecule is COc1ccc(C(=O)/C=C(\C)Nc2cccc(F)c2)cc1. The molecule has 0 amide bonds. The van der Waals surface area contributed by atoms with Crippen molar-refractivity contribution >= 4 is 11.5 Å². The molecule has 0 bridgehead atoms. The number of hydrogen-bond donors (Lipinski definition) is 1. The van der Waals surface area contributed by atoms with Crippen LogP contribution in [0.2, 0.25) is 0 Å². The van der Waals surface area contributed by atoms with Crippen LogP contribution >= 0.6 is 0 Å². The monoisotopic (exact) mass is 285 g/mol. The standard InChI is InChI=1S/C17H16FNO2/c1-12(19-15-5-3-4-14(18)11-15)10-17(20)13-6-8-16(21-2)9-7-13/h3-11,19H,1-2H3/b12-10+. The number of ketones is 1. The van der Waals surface area contributed by atoms with E-state index < -0.39 is 0 Å². The maximum absolute atomic E-state index is 13.1. The molecule has 0 aliphatic heterocycles. The predicted molar refractivity (Wildman–Crippen MR) is 81.1 cm³/mol. The molecule has 0 aromatic heterocycles. The zero-order valence-corrected chi connectivity index (χ0v) is 11.9. The molecule has 0 heterocycles. The summed E-state index contributed by atoms with van der Waals surface area (Å²) in [6.07, 6.45) is 1.48. The molecule has 0 aliphatic carbocycles. The lowest BCUT2D eigenvalue weighted by Gasteiger charge is -2.06. The lowest BCUT2D eigenvalue weighted by molar-refractivity contribution is 0.104. The summed E-state index contributed by atoms with van der Waals surface area (Å²) in [5.41, 5.74) is 1.81. The van der Waals surface area contributed by atoms with Gasteiger partial charge >= 0.3 is 0 Å². The minimum Gasteiger partial charge on any atom is -0.497 e. The fourth-order valence-electron chi connectivity index (χ4n) is 1.87. The van der Waals surface area contributed by atoms with Crippen molar-refractivity contribution in [2.75, 3.05) is 12.4 Å². The topological polar surface area (TPSA) is 38.3 Å². The number of benzene rings is 2. The van der Waals surface area contributed by atoms with Crippen LogP contribution in [0.3, 0.4) is 0 Å². The van der Waals surface area contributed by atoms with Crippen LogP contribution in [-0.2, 0) is 0 Å². The van der Waals surface area contributed by atoms with E-state index in [2.05, 4.69) is 5.32 Å². The summed E-state index contributed by atoms with van der Waals surface area (Å²) < 4.78 is 18.1. The second-order valence-electron chi connectivity index (χ2n) is 4.56. The number of ether oxygens (including phenoxy) is 1. The van der Waals surface area contributed by atoms with Crippen LogP contribution in [-0.4, -0.2) is 12.9 Å². The second kappa shape index (κ2) is 6.70. The van der Waals surface area contributed by atoms with Gasteiger partial charge in [0.2, 0.25) is 0 Å². The van der Waals surface area contributed by atoms with Crippen LogP contribution < -0.4 is 10.1 Å². The number of rotatable bonds is 5. The third-order valence-electron chi connectivity index (χ3n) is 2.89. The Bertz CT molecular complexity index is 663. The summed E-state index contributed by atoms with van der Waals surface area (Å²) in [4.78, 5) is 12.1. The number of nitrogens with one attached hydrogen (secondary N) is 1. The highest BCUT2D eigenvalue weighted by Crippen LogP contribution is 2.14. The van der Waals surface area contributed by atoms with Gasteiger partial charge in [-0.05, 0) is 49.4 Å². The van der Waals surface area contributed by atoms with E-state index in [1.807, 2.05) is 0 Å². The molecule has 0 spiro atoms. The van der Waals surface area contributed by atoms with Crippen molar-refractivity contribution in [3.63, 3.8) is 0 Å². The first kappa shape index (κ1) is 14.8. The first-order chi connectivity index (χ1) is 10.1. The molecule has 2 rings (SSSR count). The summed E-state index contributed by atoms with van der Waals surface area (Å²) in [5, 5.41) is 2.98. The van der Waals surface area contributed by atoms with Crippen LogP contribution in [0.5, 0.6) is 5.75 Å². The number of hydrogen-bond acceptors (Lipinski definition) is 3. The summed E-state index contributed by atoms with van der Waals surface area (Å²) in [6, 6.07) is 12.9. The fourth-order valence-corrected chi connectivity index (χ4v) is 1.87. The Morgan fingerprint density at radius 2 is 1.90 bits per heavy atom. The van der Waals surface area contributed by atoms with E-state index in [0.29, 0.717) is 22.7 Å². The Morgan fingerprint density at radius 1 is 1.19 bits per heavy atom. The van der Waals surface area contributed by atoms with Crippen LogP contribution in [0.1, 0.15) is 17.3 Å². The maximum atomic E-state index is 13.1. The number of allylic oxidation sites excluding steroid dienone is 2. The smallest absolute Gasteiger partial charge is 0.187 e. The van der Waals surface area contributed by atoms with E-state index in [1.165, 1.54) is 18.2 Å². The average Bonchev–Trinajstić information content (AvgIpc) is 2.47. The van der Waals surface area contributed by atoms with Crippen molar-refractivity contribution in [1.29, 1.82) is 0 Å². The van der Waals surface area contributed by atoms with Gasteiger partial charge < -0.3 is 10.1 Å². The molecule has 0 saturated heterocycles. The van der Waals surface area contributed by atoms with Crippen molar-refractivity contribution in [3.8, 4) is 5.75 Å². The van der Waals surface area contributed by atoms with Gasteiger partial charge in [0.15, 0.2) is 5.78 Å². The quantitative estimate of drug-likeness (QED) is 0.665. The Labute approximate surface area is 123 Å². The average molecular weight is 285 g/mol. The number of anilines is 1. The van der Waals surface area contributed by atoms with Gasteiger partial charge in [-0.2, -0.15) is 0 Å². The minimum absolute atomic E-state index is 0.126. The number of carbonyl (C=O) groups excluding carboxylic acids is 1. The predicted octanol–water partition coefficient (Wildman–Crippen LogP) is 4.03. The Morgan fingerprint density at radius 3 is 2.52 bits per heavy atom. The Hall–Kier alpha value is -2.62. The molecule has 0 unspecified atom stereocenters. The van der Waals surface area contributed by atoms with E-state index in [1.54, 1.807) is 50.4 Å². The Balaban J connectivity index is 2.08. The Kier molecular flexibility index (Phi) is 4.72. The van der Waals surface area contributed by atoms with Crippen molar-refractivity contribution < 1.29 is 13.9 Å². The molecular formula is C17H16FNO2. The van der Waals surface area contributed by atoms with Crippen molar-refractivity contribution in [1.82, 2.24) is 0 Å². The van der Waals surface area contributed by atoms with E-state index in [9.17, 15) is 9.18 Å². The van der Waals surface area contributed by atoms with Crippen LogP contribution in [0.25, 0.3) is 0 Å². The lowest BCUT2D eigenvalue weighted by atomic mass is 10.1. The van der Waals surface area contributed by atoms with Gasteiger partial charge in [0.25, 0.3) is 0 Å². The molecule has 0 radical (unpaired) electrons. The van der Waals surface area contributed by atoms with Gasteiger partial charge in [-0.15, -0.1) is 0 Å². The number of carbonyl (C=O) groups is 1. The molecule has 0 saturated carbocycles. The highest BCUT2D eigenvalue weighted by molar-refractivity contribution is 6.05. The van der Waals surface area contributed by atoms with E-state index in [4.69, 9.17) is 4.74 Å². The molecule has 0 fully saturated rings. The van der Waals surface area contributed by atoms with E-state index in [0.717, 1.165) is 0 Å². The third kappa shape index (κ3) is 4.18. The highest BCUT2D eigenvalue weighted by atomic mass is 19.1. The van der Waals surface area contributed by atoms with Gasteiger partial charge in [0.1, 0.15) is 11.6 Å². The first-order valence-electron chi connectivity index (χ1n) is 6.48. The van der Waals surface area contributed by atoms with Crippen LogP contribution in [0.15, 0.2) is 60.3 Å². The summed E-state index contributed by atoms with van der Waals surface area (Å²) >= 11 is 0. The minimum atomic E-state index is -0.325. The molecule has 1 N–H and O–H groups in total. The molecule has 21 heavy (non-hydrogen) atoms. The van der Waals surface area contributed by atoms with Gasteiger partial charge in [0, 0.05) is 23.0 Å². The molecule has 3 nitrogen and oxygen atoms in total. The molecule has 2 aromatic carbocycles. The maximum Gasteiger partial charge on any atom is 0.187 e. The normalized spacial score (nSPS) is 11.1. The van der Waals surface area contributed by atoms with Gasteiger partial charge in [-0.25, -0.2) is 4.39 Å². The summed E-state index contributed by atoms with van der Waals surface area (Å²) in [6.45, 7) is 1.76. The van der Waals surface area contributed by atoms with Crippen molar-refractivity contribution in [2.45, 2.75) is 6.92 Å². The highest BCUT2D eigenvalue weighted by Gasteiger charge is 2.04. The second-order valence-corrected chi connectivity index (χ2v) is 4.56. The molecule has 0 aliphatic rings. The molecule has 4 heteroatoms. The third-order valence-corrected chi connectivity index (χ3v) is 2.89. The first-order valence-corrected chi connectivity index (χ1v) is 6.48. The van der Waals surface area contributed by atoms with E-state index in [-0.39, 0.29) is 11.6 Å². The van der Waals surface area contributed by atoms with E-state index >= 15 is 0 Å². The molecule has 2 aromatic rings. The molecular weight excluding hydrogens is 269 g/mol. The number of methoxy groups -OCH3 is 1. The number of halogens is 1. The molecule has 108 valence electrons.